The molecule has 0 amide bonds. The van der Waals surface area contributed by atoms with E-state index >= 15 is 0 Å². The first-order chi connectivity index (χ1) is 8.79. The third-order valence-electron chi connectivity index (χ3n) is 3.17. The molecule has 0 aromatic heterocycles. The highest BCUT2D eigenvalue weighted by Gasteiger charge is 2.08. The monoisotopic (exact) mass is 238 g/mol. The van der Waals surface area contributed by atoms with Crippen LogP contribution >= 0.6 is 0 Å². The molecule has 18 heavy (non-hydrogen) atoms. The molecule has 0 spiro atoms. The molecule has 3 aromatic rings. The maximum absolute atomic E-state index is 10.2. The molecule has 1 nitrogen and oxygen atoms in total. The first kappa shape index (κ1) is 12.4. The van der Waals surface area contributed by atoms with Crippen molar-refractivity contribution in [2.75, 3.05) is 0 Å². The topological polar surface area (TPSA) is 20.2 Å². The molecule has 1 N–H and O–H groups in total. The highest BCUT2D eigenvalue weighted by molar-refractivity contribution is 6.07. The third-order valence-corrected chi connectivity index (χ3v) is 3.17. The number of aromatic hydroxyl groups is 1. The molecule has 3 rings (SSSR count). The van der Waals surface area contributed by atoms with Crippen molar-refractivity contribution in [1.82, 2.24) is 0 Å². The summed E-state index contributed by atoms with van der Waals surface area (Å²) in [6, 6.07) is 15.9. The Bertz CT molecular complexity index is 567. The van der Waals surface area contributed by atoms with Gasteiger partial charge in [0.1, 0.15) is 5.75 Å². The number of hydrogen-bond donors (Lipinski definition) is 1. The first-order valence-electron chi connectivity index (χ1n) is 6.38. The van der Waals surface area contributed by atoms with Crippen molar-refractivity contribution in [3.05, 3.63) is 54.1 Å². The Labute approximate surface area is 108 Å². The van der Waals surface area contributed by atoms with E-state index in [0.717, 1.165) is 21.5 Å². The van der Waals surface area contributed by atoms with Crippen molar-refractivity contribution in [2.24, 2.45) is 0 Å². The molecule has 1 heteroatoms. The average Bonchev–Trinajstić information content (AvgIpc) is 2.47. The van der Waals surface area contributed by atoms with Gasteiger partial charge in [-0.2, -0.15) is 0 Å². The SMILES string of the molecule is CC.Cc1c2ccccc2c(O)c2ccccc12. The summed E-state index contributed by atoms with van der Waals surface area (Å²) in [5.74, 6) is 0.386. The van der Waals surface area contributed by atoms with Crippen LogP contribution < -0.4 is 0 Å². The normalized spacial score (nSPS) is 10.2. The number of fused-ring (bicyclic) bond motifs is 2. The molecule has 0 fully saturated rings. The van der Waals surface area contributed by atoms with Crippen molar-refractivity contribution in [3.8, 4) is 5.75 Å². The Morgan fingerprint density at radius 2 is 1.00 bits per heavy atom. The molecule has 0 radical (unpaired) electrons. The van der Waals surface area contributed by atoms with E-state index in [0.29, 0.717) is 5.75 Å². The second kappa shape index (κ2) is 5.09. The fourth-order valence-corrected chi connectivity index (χ4v) is 2.32. The summed E-state index contributed by atoms with van der Waals surface area (Å²) in [6.07, 6.45) is 0. The average molecular weight is 238 g/mol. The van der Waals surface area contributed by atoms with E-state index < -0.39 is 0 Å². The lowest BCUT2D eigenvalue weighted by Gasteiger charge is -2.09. The van der Waals surface area contributed by atoms with Gasteiger partial charge in [0.05, 0.1) is 0 Å². The number of phenolic OH excluding ortho intramolecular Hbond substituents is 1. The number of hydrogen-bond acceptors (Lipinski definition) is 1. The quantitative estimate of drug-likeness (QED) is 0.544. The summed E-state index contributed by atoms with van der Waals surface area (Å²) < 4.78 is 0. The van der Waals surface area contributed by atoms with Crippen LogP contribution in [-0.4, -0.2) is 5.11 Å². The molecule has 0 unspecified atom stereocenters. The van der Waals surface area contributed by atoms with Gasteiger partial charge in [0.15, 0.2) is 0 Å². The Kier molecular flexibility index (Phi) is 3.52. The van der Waals surface area contributed by atoms with Crippen LogP contribution in [-0.2, 0) is 0 Å². The van der Waals surface area contributed by atoms with E-state index in [-0.39, 0.29) is 0 Å². The van der Waals surface area contributed by atoms with E-state index in [1.54, 1.807) is 0 Å². The number of phenols is 1. The van der Waals surface area contributed by atoms with Crippen molar-refractivity contribution < 1.29 is 5.11 Å². The fourth-order valence-electron chi connectivity index (χ4n) is 2.32. The minimum Gasteiger partial charge on any atom is -0.507 e. The molecule has 0 aliphatic heterocycles. The van der Waals surface area contributed by atoms with Crippen LogP contribution in [0, 0.1) is 6.92 Å². The molecule has 0 saturated carbocycles. The van der Waals surface area contributed by atoms with Crippen LogP contribution in [0.15, 0.2) is 48.5 Å². The molecule has 0 bridgehead atoms. The van der Waals surface area contributed by atoms with Gasteiger partial charge in [0.25, 0.3) is 0 Å². The van der Waals surface area contributed by atoms with Gasteiger partial charge in [-0.25, -0.2) is 0 Å². The van der Waals surface area contributed by atoms with Crippen LogP contribution in [0.25, 0.3) is 21.5 Å². The van der Waals surface area contributed by atoms with E-state index in [1.165, 1.54) is 5.56 Å². The summed E-state index contributed by atoms with van der Waals surface area (Å²) in [7, 11) is 0. The van der Waals surface area contributed by atoms with Crippen LogP contribution in [0.1, 0.15) is 19.4 Å². The molecule has 0 atom stereocenters. The lowest BCUT2D eigenvalue weighted by Crippen LogP contribution is -1.83. The van der Waals surface area contributed by atoms with Crippen molar-refractivity contribution in [2.45, 2.75) is 20.8 Å². The molecular weight excluding hydrogens is 220 g/mol. The van der Waals surface area contributed by atoms with Gasteiger partial charge in [-0.3, -0.25) is 0 Å². The summed E-state index contributed by atoms with van der Waals surface area (Å²) in [5, 5.41) is 14.3. The Morgan fingerprint density at radius 3 is 1.39 bits per heavy atom. The van der Waals surface area contributed by atoms with E-state index in [2.05, 4.69) is 19.1 Å². The van der Waals surface area contributed by atoms with Crippen molar-refractivity contribution in [1.29, 1.82) is 0 Å². The second-order valence-electron chi connectivity index (χ2n) is 4.06. The molecule has 92 valence electrons. The molecule has 3 aromatic carbocycles. The van der Waals surface area contributed by atoms with Gasteiger partial charge >= 0.3 is 0 Å². The molecule has 0 heterocycles. The van der Waals surface area contributed by atoms with Gasteiger partial charge in [-0.1, -0.05) is 62.4 Å². The van der Waals surface area contributed by atoms with Gasteiger partial charge < -0.3 is 5.11 Å². The van der Waals surface area contributed by atoms with E-state index in [9.17, 15) is 5.11 Å². The Morgan fingerprint density at radius 1 is 0.667 bits per heavy atom. The van der Waals surface area contributed by atoms with E-state index in [1.807, 2.05) is 50.2 Å². The van der Waals surface area contributed by atoms with Crippen LogP contribution in [0.2, 0.25) is 0 Å². The van der Waals surface area contributed by atoms with Crippen molar-refractivity contribution in [3.63, 3.8) is 0 Å². The van der Waals surface area contributed by atoms with Gasteiger partial charge in [0, 0.05) is 10.8 Å². The molecule has 0 saturated heterocycles. The van der Waals surface area contributed by atoms with Crippen LogP contribution in [0.3, 0.4) is 0 Å². The largest absolute Gasteiger partial charge is 0.507 e. The predicted octanol–water partition coefficient (Wildman–Crippen LogP) is 5.03. The first-order valence-corrected chi connectivity index (χ1v) is 6.38. The highest BCUT2D eigenvalue weighted by atomic mass is 16.3. The molecule has 0 aliphatic rings. The predicted molar refractivity (Wildman–Crippen MR) is 79.2 cm³/mol. The zero-order valence-electron chi connectivity index (χ0n) is 11.1. The molecular formula is C17H18O. The van der Waals surface area contributed by atoms with Gasteiger partial charge in [-0.05, 0) is 23.3 Å². The van der Waals surface area contributed by atoms with E-state index in [4.69, 9.17) is 0 Å². The minimum atomic E-state index is 0.386. The van der Waals surface area contributed by atoms with Crippen molar-refractivity contribution >= 4 is 21.5 Å². The van der Waals surface area contributed by atoms with Crippen LogP contribution in [0.4, 0.5) is 0 Å². The summed E-state index contributed by atoms with van der Waals surface area (Å²) in [6.45, 7) is 6.10. The minimum absolute atomic E-state index is 0.386. The highest BCUT2D eigenvalue weighted by Crippen LogP contribution is 2.36. The van der Waals surface area contributed by atoms with Gasteiger partial charge in [0.2, 0.25) is 0 Å². The fraction of sp³-hybridized carbons (Fsp3) is 0.176. The Balaban J connectivity index is 0.000000574. The standard InChI is InChI=1S/C15H12O.C2H6/c1-10-11-6-2-4-8-13(11)15(16)14-9-5-3-7-12(10)14;1-2/h2-9,16H,1H3;1-2H3. The zero-order chi connectivity index (χ0) is 13.1. The molecule has 0 aliphatic carbocycles. The van der Waals surface area contributed by atoms with Gasteiger partial charge in [-0.15, -0.1) is 0 Å². The lowest BCUT2D eigenvalue weighted by molar-refractivity contribution is 0.487. The zero-order valence-corrected chi connectivity index (χ0v) is 11.1. The number of benzene rings is 3. The maximum Gasteiger partial charge on any atom is 0.131 e. The summed E-state index contributed by atoms with van der Waals surface area (Å²) in [4.78, 5) is 0. The Hall–Kier alpha value is -2.02. The third kappa shape index (κ3) is 1.82. The number of rotatable bonds is 0. The maximum atomic E-state index is 10.2. The smallest absolute Gasteiger partial charge is 0.131 e. The lowest BCUT2D eigenvalue weighted by atomic mass is 9.97. The second-order valence-corrected chi connectivity index (χ2v) is 4.06. The van der Waals surface area contributed by atoms with Crippen LogP contribution in [0.5, 0.6) is 5.75 Å². The summed E-state index contributed by atoms with van der Waals surface area (Å²) in [5.41, 5.74) is 1.23. The number of aryl methyl sites for hydroxylation is 1. The summed E-state index contributed by atoms with van der Waals surface area (Å²) >= 11 is 0.